The van der Waals surface area contributed by atoms with Gasteiger partial charge in [0.1, 0.15) is 0 Å². The fraction of sp³-hybridized carbons (Fsp3) is 0.238. The minimum Gasteiger partial charge on any atom is -0.361 e. The van der Waals surface area contributed by atoms with E-state index in [-0.39, 0.29) is 0 Å². The fourth-order valence-corrected chi connectivity index (χ4v) is 3.23. The van der Waals surface area contributed by atoms with E-state index in [4.69, 9.17) is 0 Å². The van der Waals surface area contributed by atoms with Crippen molar-refractivity contribution in [3.63, 3.8) is 0 Å². The van der Waals surface area contributed by atoms with Gasteiger partial charge in [-0.3, -0.25) is 0 Å². The van der Waals surface area contributed by atoms with E-state index in [2.05, 4.69) is 72.3 Å². The molecule has 0 radical (unpaired) electrons. The molecule has 0 aliphatic rings. The Hall–Kier alpha value is -2.48. The first-order valence-electron chi connectivity index (χ1n) is 8.36. The Morgan fingerprint density at radius 3 is 2.61 bits per heavy atom. The van der Waals surface area contributed by atoms with Crippen molar-refractivity contribution >= 4 is 21.8 Å². The summed E-state index contributed by atoms with van der Waals surface area (Å²) in [5.41, 5.74) is 6.55. The average molecular weight is 302 g/mol. The number of rotatable bonds is 4. The van der Waals surface area contributed by atoms with Crippen LogP contribution in [0.5, 0.6) is 0 Å². The second-order valence-corrected chi connectivity index (χ2v) is 6.70. The van der Waals surface area contributed by atoms with E-state index in [0.29, 0.717) is 5.92 Å². The number of aromatic amines is 2. The first-order chi connectivity index (χ1) is 11.2. The third-order valence-electron chi connectivity index (χ3n) is 4.67. The van der Waals surface area contributed by atoms with Crippen LogP contribution in [0.3, 0.4) is 0 Å². The molecule has 116 valence electrons. The zero-order valence-corrected chi connectivity index (χ0v) is 13.7. The highest BCUT2D eigenvalue weighted by molar-refractivity contribution is 5.81. The monoisotopic (exact) mass is 302 g/mol. The van der Waals surface area contributed by atoms with E-state index in [1.807, 2.05) is 6.20 Å². The van der Waals surface area contributed by atoms with Crippen LogP contribution in [0, 0.1) is 0 Å². The Balaban J connectivity index is 1.55. The Morgan fingerprint density at radius 2 is 1.74 bits per heavy atom. The standard InChI is InChI=1S/C21H22N2/c1-14(2)17-6-8-20-18(12-17)13-19(23-20)7-4-15-3-5-16-9-10-22-21(16)11-15/h3,5-6,8-14,22-23H,4,7H2,1-2H3. The minimum absolute atomic E-state index is 0.574. The van der Waals surface area contributed by atoms with Crippen LogP contribution >= 0.6 is 0 Å². The van der Waals surface area contributed by atoms with Crippen LogP contribution in [-0.2, 0) is 12.8 Å². The number of hydrogen-bond acceptors (Lipinski definition) is 0. The predicted molar refractivity (Wildman–Crippen MR) is 98.1 cm³/mol. The van der Waals surface area contributed by atoms with Gasteiger partial charge >= 0.3 is 0 Å². The highest BCUT2D eigenvalue weighted by Gasteiger charge is 2.05. The van der Waals surface area contributed by atoms with Gasteiger partial charge in [0.15, 0.2) is 0 Å². The molecule has 0 saturated heterocycles. The second kappa shape index (κ2) is 5.62. The van der Waals surface area contributed by atoms with Gasteiger partial charge in [0, 0.05) is 22.9 Å². The number of hydrogen-bond donors (Lipinski definition) is 2. The van der Waals surface area contributed by atoms with Crippen LogP contribution < -0.4 is 0 Å². The van der Waals surface area contributed by atoms with E-state index < -0.39 is 0 Å². The third-order valence-corrected chi connectivity index (χ3v) is 4.67. The quantitative estimate of drug-likeness (QED) is 0.495. The largest absolute Gasteiger partial charge is 0.361 e. The van der Waals surface area contributed by atoms with Crippen molar-refractivity contribution in [2.24, 2.45) is 0 Å². The molecule has 4 rings (SSSR count). The van der Waals surface area contributed by atoms with Crippen LogP contribution in [0.1, 0.15) is 36.6 Å². The van der Waals surface area contributed by atoms with Crippen LogP contribution in [0.4, 0.5) is 0 Å². The summed E-state index contributed by atoms with van der Waals surface area (Å²) in [4.78, 5) is 6.84. The fourth-order valence-electron chi connectivity index (χ4n) is 3.23. The van der Waals surface area contributed by atoms with Crippen molar-refractivity contribution in [1.82, 2.24) is 9.97 Å². The molecule has 23 heavy (non-hydrogen) atoms. The van der Waals surface area contributed by atoms with Crippen molar-refractivity contribution < 1.29 is 0 Å². The Bertz CT molecular complexity index is 956. The zero-order chi connectivity index (χ0) is 15.8. The number of nitrogens with one attached hydrogen (secondary N) is 2. The molecule has 0 bridgehead atoms. The van der Waals surface area contributed by atoms with Crippen LogP contribution in [0.15, 0.2) is 54.7 Å². The van der Waals surface area contributed by atoms with E-state index in [9.17, 15) is 0 Å². The number of aryl methyl sites for hydroxylation is 2. The van der Waals surface area contributed by atoms with E-state index in [0.717, 1.165) is 12.8 Å². The normalized spacial score (nSPS) is 11.8. The predicted octanol–water partition coefficient (Wildman–Crippen LogP) is 5.56. The Kier molecular flexibility index (Phi) is 3.45. The molecule has 0 fully saturated rings. The lowest BCUT2D eigenvalue weighted by Gasteiger charge is -2.03. The number of aromatic nitrogens is 2. The van der Waals surface area contributed by atoms with Gasteiger partial charge in [-0.25, -0.2) is 0 Å². The van der Waals surface area contributed by atoms with Crippen LogP contribution in [-0.4, -0.2) is 9.97 Å². The average Bonchev–Trinajstić information content (AvgIpc) is 3.17. The molecule has 0 spiro atoms. The van der Waals surface area contributed by atoms with Crippen LogP contribution in [0.2, 0.25) is 0 Å². The maximum atomic E-state index is 3.56. The molecule has 0 unspecified atom stereocenters. The lowest BCUT2D eigenvalue weighted by atomic mass is 10.0. The van der Waals surface area contributed by atoms with Crippen molar-refractivity contribution in [3.8, 4) is 0 Å². The number of fused-ring (bicyclic) bond motifs is 2. The summed E-state index contributed by atoms with van der Waals surface area (Å²) in [5.74, 6) is 0.574. The molecule has 2 aromatic heterocycles. The first-order valence-corrected chi connectivity index (χ1v) is 8.36. The van der Waals surface area contributed by atoms with E-state index >= 15 is 0 Å². The lowest BCUT2D eigenvalue weighted by Crippen LogP contribution is -1.91. The topological polar surface area (TPSA) is 31.6 Å². The van der Waals surface area contributed by atoms with Crippen molar-refractivity contribution in [2.45, 2.75) is 32.6 Å². The molecule has 2 nitrogen and oxygen atoms in total. The van der Waals surface area contributed by atoms with Crippen LogP contribution in [0.25, 0.3) is 21.8 Å². The molecule has 2 N–H and O–H groups in total. The molecule has 0 aliphatic heterocycles. The molecule has 0 amide bonds. The summed E-state index contributed by atoms with van der Waals surface area (Å²) < 4.78 is 0. The van der Waals surface area contributed by atoms with Gasteiger partial charge in [0.2, 0.25) is 0 Å². The highest BCUT2D eigenvalue weighted by atomic mass is 14.7. The van der Waals surface area contributed by atoms with Gasteiger partial charge in [-0.2, -0.15) is 0 Å². The van der Waals surface area contributed by atoms with Crippen molar-refractivity contribution in [2.75, 3.05) is 0 Å². The van der Waals surface area contributed by atoms with Gasteiger partial charge in [-0.05, 0) is 71.0 Å². The van der Waals surface area contributed by atoms with Gasteiger partial charge < -0.3 is 9.97 Å². The van der Waals surface area contributed by atoms with E-state index in [1.165, 1.54) is 38.6 Å². The van der Waals surface area contributed by atoms with Crippen molar-refractivity contribution in [3.05, 3.63) is 71.5 Å². The van der Waals surface area contributed by atoms with Gasteiger partial charge in [-0.15, -0.1) is 0 Å². The molecular weight excluding hydrogens is 280 g/mol. The summed E-state index contributed by atoms with van der Waals surface area (Å²) in [7, 11) is 0. The molecule has 0 saturated carbocycles. The molecular formula is C21H22N2. The van der Waals surface area contributed by atoms with Gasteiger partial charge in [0.05, 0.1) is 0 Å². The summed E-state index contributed by atoms with van der Waals surface area (Å²) in [6.07, 6.45) is 4.09. The minimum atomic E-state index is 0.574. The molecule has 2 heterocycles. The van der Waals surface area contributed by atoms with Gasteiger partial charge in [-0.1, -0.05) is 32.0 Å². The second-order valence-electron chi connectivity index (χ2n) is 6.70. The first kappa shape index (κ1) is 14.1. The third kappa shape index (κ3) is 2.77. The Labute approximate surface area is 136 Å². The van der Waals surface area contributed by atoms with E-state index in [1.54, 1.807) is 0 Å². The summed E-state index contributed by atoms with van der Waals surface area (Å²) >= 11 is 0. The number of H-pyrrole nitrogens is 2. The summed E-state index contributed by atoms with van der Waals surface area (Å²) in [6, 6.07) is 17.8. The van der Waals surface area contributed by atoms with Gasteiger partial charge in [0.25, 0.3) is 0 Å². The molecule has 4 aromatic rings. The molecule has 2 aromatic carbocycles. The summed E-state index contributed by atoms with van der Waals surface area (Å²) in [5, 5.41) is 2.60. The zero-order valence-electron chi connectivity index (χ0n) is 13.7. The SMILES string of the molecule is CC(C)c1ccc2[nH]c(CCc3ccc4cc[nH]c4c3)cc2c1. The maximum Gasteiger partial charge on any atom is 0.0456 e. The smallest absolute Gasteiger partial charge is 0.0456 e. The number of benzene rings is 2. The van der Waals surface area contributed by atoms with Crippen molar-refractivity contribution in [1.29, 1.82) is 0 Å². The lowest BCUT2D eigenvalue weighted by molar-refractivity contribution is 0.869. The highest BCUT2D eigenvalue weighted by Crippen LogP contribution is 2.23. The molecule has 0 atom stereocenters. The molecule has 2 heteroatoms. The molecule has 0 aliphatic carbocycles. The Morgan fingerprint density at radius 1 is 0.826 bits per heavy atom. The summed E-state index contributed by atoms with van der Waals surface area (Å²) in [6.45, 7) is 4.48. The maximum absolute atomic E-state index is 3.56.